The Morgan fingerprint density at radius 3 is 2.52 bits per heavy atom. The molecule has 1 N–H and O–H groups in total. The fourth-order valence-corrected chi connectivity index (χ4v) is 3.59. The van der Waals surface area contributed by atoms with Crippen LogP contribution < -0.4 is 15.0 Å². The van der Waals surface area contributed by atoms with Gasteiger partial charge in [-0.1, -0.05) is 40.9 Å². The van der Waals surface area contributed by atoms with Crippen LogP contribution >= 0.6 is 34.8 Å². The Labute approximate surface area is 182 Å². The molecule has 9 heteroatoms. The number of hydrogen-bond acceptors (Lipinski definition) is 4. The number of rotatable bonds is 4. The second-order valence-electron chi connectivity index (χ2n) is 6.08. The molecule has 4 amide bonds. The number of nitrogens with one attached hydrogen (secondary N) is 1. The molecule has 2 aromatic rings. The van der Waals surface area contributed by atoms with Crippen LogP contribution in [-0.2, 0) is 9.59 Å². The highest BCUT2D eigenvalue weighted by molar-refractivity contribution is 6.40. The predicted octanol–water partition coefficient (Wildman–Crippen LogP) is 5.02. The van der Waals surface area contributed by atoms with Crippen molar-refractivity contribution in [2.45, 2.75) is 13.8 Å². The first-order valence-corrected chi connectivity index (χ1v) is 9.66. The number of carbonyl (C=O) groups excluding carboxylic acids is 3. The van der Waals surface area contributed by atoms with Gasteiger partial charge in [0.25, 0.3) is 11.8 Å². The number of amides is 4. The molecule has 1 heterocycles. The van der Waals surface area contributed by atoms with Crippen molar-refractivity contribution >= 4 is 64.4 Å². The Morgan fingerprint density at radius 1 is 1.10 bits per heavy atom. The highest BCUT2D eigenvalue weighted by Crippen LogP contribution is 2.35. The van der Waals surface area contributed by atoms with Gasteiger partial charge in [-0.15, -0.1) is 0 Å². The smallest absolute Gasteiger partial charge is 0.335 e. The van der Waals surface area contributed by atoms with Gasteiger partial charge in [0.2, 0.25) is 0 Å². The first-order chi connectivity index (χ1) is 13.7. The normalized spacial score (nSPS) is 15.7. The van der Waals surface area contributed by atoms with E-state index in [9.17, 15) is 14.4 Å². The fourth-order valence-electron chi connectivity index (χ4n) is 2.85. The van der Waals surface area contributed by atoms with E-state index in [-0.39, 0.29) is 22.0 Å². The van der Waals surface area contributed by atoms with Gasteiger partial charge in [-0.2, -0.15) is 0 Å². The van der Waals surface area contributed by atoms with Crippen LogP contribution in [0, 0.1) is 6.92 Å². The zero-order valence-electron chi connectivity index (χ0n) is 15.4. The van der Waals surface area contributed by atoms with Crippen LogP contribution in [0.4, 0.5) is 10.5 Å². The summed E-state index contributed by atoms with van der Waals surface area (Å²) in [5.74, 6) is -1.37. The lowest BCUT2D eigenvalue weighted by Crippen LogP contribution is -2.54. The third-order valence-corrected chi connectivity index (χ3v) is 5.12. The standard InChI is InChI=1S/C20H15Cl3N2O4/c1-3-29-17-11(7-12(21)9-15(17)23)8-13-18(26)24-20(28)25(19(13)27)16-6-4-5-14(22)10(16)2/h4-9H,3H2,1-2H3,(H,24,26,28)/b13-8+. The molecule has 1 aliphatic rings. The van der Waals surface area contributed by atoms with Crippen molar-refractivity contribution in [3.63, 3.8) is 0 Å². The lowest BCUT2D eigenvalue weighted by Gasteiger charge is -2.28. The van der Waals surface area contributed by atoms with E-state index in [0.29, 0.717) is 27.8 Å². The van der Waals surface area contributed by atoms with Crippen molar-refractivity contribution < 1.29 is 19.1 Å². The van der Waals surface area contributed by atoms with Gasteiger partial charge < -0.3 is 4.74 Å². The number of urea groups is 1. The van der Waals surface area contributed by atoms with Crippen LogP contribution in [0.5, 0.6) is 5.75 Å². The lowest BCUT2D eigenvalue weighted by molar-refractivity contribution is -0.122. The molecule has 0 unspecified atom stereocenters. The molecular formula is C20H15Cl3N2O4. The largest absolute Gasteiger partial charge is 0.492 e. The summed E-state index contributed by atoms with van der Waals surface area (Å²) in [5.41, 5.74) is 0.850. The predicted molar refractivity (Wildman–Crippen MR) is 113 cm³/mol. The van der Waals surface area contributed by atoms with Crippen LogP contribution in [0.3, 0.4) is 0 Å². The van der Waals surface area contributed by atoms with Gasteiger partial charge in [0.15, 0.2) is 0 Å². The monoisotopic (exact) mass is 452 g/mol. The average Bonchev–Trinajstić information content (AvgIpc) is 2.64. The lowest BCUT2D eigenvalue weighted by atomic mass is 10.0. The van der Waals surface area contributed by atoms with Crippen LogP contribution in [-0.4, -0.2) is 24.5 Å². The van der Waals surface area contributed by atoms with E-state index in [1.54, 1.807) is 32.0 Å². The third kappa shape index (κ3) is 4.10. The Morgan fingerprint density at radius 2 is 1.83 bits per heavy atom. The Kier molecular flexibility index (Phi) is 6.17. The Balaban J connectivity index is 2.13. The number of benzene rings is 2. The van der Waals surface area contributed by atoms with Crippen molar-refractivity contribution in [1.82, 2.24) is 5.32 Å². The summed E-state index contributed by atoms with van der Waals surface area (Å²) in [6, 6.07) is 6.94. The quantitative estimate of drug-likeness (QED) is 0.521. The molecule has 0 saturated carbocycles. The summed E-state index contributed by atoms with van der Waals surface area (Å²) < 4.78 is 5.53. The first kappa shape index (κ1) is 21.2. The maximum Gasteiger partial charge on any atom is 0.335 e. The zero-order valence-corrected chi connectivity index (χ0v) is 17.7. The van der Waals surface area contributed by atoms with E-state index in [2.05, 4.69) is 5.32 Å². The minimum atomic E-state index is -0.864. The number of ether oxygens (including phenoxy) is 1. The molecule has 3 rings (SSSR count). The van der Waals surface area contributed by atoms with Crippen LogP contribution in [0.1, 0.15) is 18.1 Å². The highest BCUT2D eigenvalue weighted by atomic mass is 35.5. The number of hydrogen-bond donors (Lipinski definition) is 1. The average molecular weight is 454 g/mol. The molecule has 0 bridgehead atoms. The first-order valence-electron chi connectivity index (χ1n) is 8.53. The Bertz CT molecular complexity index is 1070. The number of barbiturate groups is 1. The fraction of sp³-hybridized carbons (Fsp3) is 0.150. The van der Waals surface area contributed by atoms with Crippen molar-refractivity contribution in [2.75, 3.05) is 11.5 Å². The molecule has 150 valence electrons. The van der Waals surface area contributed by atoms with E-state index in [4.69, 9.17) is 39.5 Å². The van der Waals surface area contributed by atoms with Crippen molar-refractivity contribution in [3.8, 4) is 5.75 Å². The molecule has 1 saturated heterocycles. The van der Waals surface area contributed by atoms with Gasteiger partial charge in [0.05, 0.1) is 17.3 Å². The van der Waals surface area contributed by atoms with Gasteiger partial charge in [0, 0.05) is 15.6 Å². The van der Waals surface area contributed by atoms with Crippen LogP contribution in [0.2, 0.25) is 15.1 Å². The second kappa shape index (κ2) is 8.45. The highest BCUT2D eigenvalue weighted by Gasteiger charge is 2.37. The summed E-state index contributed by atoms with van der Waals surface area (Å²) in [7, 11) is 0. The topological polar surface area (TPSA) is 75.7 Å². The van der Waals surface area contributed by atoms with Crippen LogP contribution in [0.15, 0.2) is 35.9 Å². The maximum atomic E-state index is 13.1. The second-order valence-corrected chi connectivity index (χ2v) is 7.33. The SMILES string of the molecule is CCOc1c(Cl)cc(Cl)cc1/C=C1\C(=O)NC(=O)N(c2cccc(Cl)c2C)C1=O. The number of carbonyl (C=O) groups is 3. The molecule has 0 atom stereocenters. The summed E-state index contributed by atoms with van der Waals surface area (Å²) in [6.45, 7) is 3.74. The minimum Gasteiger partial charge on any atom is -0.492 e. The molecule has 1 aliphatic heterocycles. The van der Waals surface area contributed by atoms with Crippen molar-refractivity contribution in [1.29, 1.82) is 0 Å². The van der Waals surface area contributed by atoms with Gasteiger partial charge in [-0.05, 0) is 49.8 Å². The third-order valence-electron chi connectivity index (χ3n) is 4.21. The number of nitrogens with zero attached hydrogens (tertiary/aromatic N) is 1. The van der Waals surface area contributed by atoms with Gasteiger partial charge >= 0.3 is 6.03 Å². The molecule has 0 spiro atoms. The molecule has 0 aromatic heterocycles. The molecular weight excluding hydrogens is 439 g/mol. The van der Waals surface area contributed by atoms with Gasteiger partial charge in [0.1, 0.15) is 11.3 Å². The van der Waals surface area contributed by atoms with Gasteiger partial charge in [-0.3, -0.25) is 14.9 Å². The minimum absolute atomic E-state index is 0.230. The van der Waals surface area contributed by atoms with E-state index in [0.717, 1.165) is 4.90 Å². The molecule has 1 fully saturated rings. The zero-order chi connectivity index (χ0) is 21.3. The number of halogens is 3. The van der Waals surface area contributed by atoms with E-state index in [1.165, 1.54) is 18.2 Å². The molecule has 0 aliphatic carbocycles. The molecule has 6 nitrogen and oxygen atoms in total. The summed E-state index contributed by atoms with van der Waals surface area (Å²) >= 11 is 18.4. The Hall–Kier alpha value is -2.54. The van der Waals surface area contributed by atoms with E-state index >= 15 is 0 Å². The van der Waals surface area contributed by atoms with Crippen molar-refractivity contribution in [2.24, 2.45) is 0 Å². The summed E-state index contributed by atoms with van der Waals surface area (Å²) in [6.07, 6.45) is 1.29. The van der Waals surface area contributed by atoms with E-state index < -0.39 is 17.8 Å². The number of imide groups is 2. The van der Waals surface area contributed by atoms with E-state index in [1.807, 2.05) is 0 Å². The van der Waals surface area contributed by atoms with Gasteiger partial charge in [-0.25, -0.2) is 9.69 Å². The molecule has 0 radical (unpaired) electrons. The van der Waals surface area contributed by atoms with Crippen molar-refractivity contribution in [3.05, 3.63) is 62.1 Å². The van der Waals surface area contributed by atoms with Crippen LogP contribution in [0.25, 0.3) is 6.08 Å². The molecule has 2 aromatic carbocycles. The molecule has 29 heavy (non-hydrogen) atoms. The number of anilines is 1. The summed E-state index contributed by atoms with van der Waals surface area (Å²) in [5, 5.41) is 3.07. The maximum absolute atomic E-state index is 13.1. The summed E-state index contributed by atoms with van der Waals surface area (Å²) in [4.78, 5) is 38.7.